The number of sulfonamides is 1. The minimum absolute atomic E-state index is 0.0713. The van der Waals surface area contributed by atoms with Crippen LogP contribution in [-0.2, 0) is 21.4 Å². The zero-order valence-corrected chi connectivity index (χ0v) is 17.1. The molecule has 0 amide bonds. The van der Waals surface area contributed by atoms with Gasteiger partial charge in [-0.05, 0) is 24.3 Å². The van der Waals surface area contributed by atoms with Crippen molar-refractivity contribution in [3.05, 3.63) is 72.0 Å². The van der Waals surface area contributed by atoms with Crippen LogP contribution in [0.3, 0.4) is 0 Å². The Kier molecular flexibility index (Phi) is 6.46. The summed E-state index contributed by atoms with van der Waals surface area (Å²) in [7, 11) is -3.56. The third-order valence-electron chi connectivity index (χ3n) is 4.41. The Morgan fingerprint density at radius 2 is 1.69 bits per heavy atom. The number of esters is 1. The highest BCUT2D eigenvalue weighted by atomic mass is 32.2. The van der Waals surface area contributed by atoms with Crippen molar-refractivity contribution in [2.24, 2.45) is 0 Å². The number of ether oxygens (including phenoxy) is 1. The average Bonchev–Trinajstić information content (AvgIpc) is 3.22. The van der Waals surface area contributed by atoms with E-state index in [9.17, 15) is 13.2 Å². The summed E-state index contributed by atoms with van der Waals surface area (Å²) in [6.45, 7) is 4.24. The molecular formula is C21H22N2O5S. The fourth-order valence-corrected chi connectivity index (χ4v) is 4.28. The number of aromatic nitrogens is 1. The van der Waals surface area contributed by atoms with E-state index in [1.807, 2.05) is 30.3 Å². The van der Waals surface area contributed by atoms with Gasteiger partial charge in [0.2, 0.25) is 10.0 Å². The number of hydrogen-bond donors (Lipinski definition) is 0. The first-order valence-corrected chi connectivity index (χ1v) is 10.7. The highest BCUT2D eigenvalue weighted by molar-refractivity contribution is 7.89. The molecule has 1 heterocycles. The van der Waals surface area contributed by atoms with Crippen LogP contribution in [0.2, 0.25) is 0 Å². The van der Waals surface area contributed by atoms with Crippen LogP contribution in [0, 0.1) is 0 Å². The molecule has 0 aliphatic heterocycles. The van der Waals surface area contributed by atoms with Crippen molar-refractivity contribution >= 4 is 16.0 Å². The van der Waals surface area contributed by atoms with Crippen molar-refractivity contribution in [3.63, 3.8) is 0 Å². The Labute approximate surface area is 169 Å². The first kappa shape index (κ1) is 20.8. The van der Waals surface area contributed by atoms with Gasteiger partial charge in [-0.2, -0.15) is 4.31 Å². The maximum absolute atomic E-state index is 12.5. The summed E-state index contributed by atoms with van der Waals surface area (Å²) in [5.74, 6) is -0.160. The number of carbonyl (C=O) groups is 1. The molecule has 7 nitrogen and oxygen atoms in total. The normalized spacial score (nSPS) is 11.6. The van der Waals surface area contributed by atoms with Crippen LogP contribution in [0.25, 0.3) is 11.3 Å². The first-order valence-electron chi connectivity index (χ1n) is 9.24. The zero-order chi connectivity index (χ0) is 20.9. The molecule has 0 aliphatic carbocycles. The average molecular weight is 414 g/mol. The molecule has 3 rings (SSSR count). The van der Waals surface area contributed by atoms with Gasteiger partial charge in [0, 0.05) is 24.7 Å². The number of hydrogen-bond acceptors (Lipinski definition) is 6. The Morgan fingerprint density at radius 1 is 1.03 bits per heavy atom. The Hall–Kier alpha value is -2.97. The highest BCUT2D eigenvalue weighted by Gasteiger charge is 2.22. The number of nitrogens with zero attached hydrogens (tertiary/aromatic N) is 2. The monoisotopic (exact) mass is 414 g/mol. The van der Waals surface area contributed by atoms with E-state index in [2.05, 4.69) is 5.16 Å². The number of carbonyl (C=O) groups excluding carboxylic acids is 1. The van der Waals surface area contributed by atoms with Crippen molar-refractivity contribution in [3.8, 4) is 11.3 Å². The topological polar surface area (TPSA) is 89.7 Å². The summed E-state index contributed by atoms with van der Waals surface area (Å²) in [6, 6.07) is 16.9. The molecule has 2 aromatic carbocycles. The van der Waals surface area contributed by atoms with E-state index < -0.39 is 16.0 Å². The molecule has 0 atom stereocenters. The molecular weight excluding hydrogens is 392 g/mol. The highest BCUT2D eigenvalue weighted by Crippen LogP contribution is 2.20. The third kappa shape index (κ3) is 4.72. The fraction of sp³-hybridized carbons (Fsp3) is 0.238. The van der Waals surface area contributed by atoms with Gasteiger partial charge in [-0.3, -0.25) is 0 Å². The molecule has 0 saturated carbocycles. The molecule has 0 radical (unpaired) electrons. The molecule has 0 N–H and O–H groups in total. The van der Waals surface area contributed by atoms with Crippen molar-refractivity contribution < 1.29 is 22.5 Å². The zero-order valence-electron chi connectivity index (χ0n) is 16.2. The summed E-state index contributed by atoms with van der Waals surface area (Å²) in [5.41, 5.74) is 1.81. The fourth-order valence-electron chi connectivity index (χ4n) is 2.82. The minimum atomic E-state index is -3.56. The molecule has 3 aromatic rings. The molecule has 1 aromatic heterocycles. The van der Waals surface area contributed by atoms with Crippen LogP contribution in [0.15, 0.2) is 70.1 Å². The van der Waals surface area contributed by atoms with Crippen molar-refractivity contribution in [2.45, 2.75) is 25.3 Å². The SMILES string of the molecule is CCN(CC)S(=O)(=O)c1ccc(C(=O)OCc2cc(-c3ccccc3)no2)cc1. The van der Waals surface area contributed by atoms with Gasteiger partial charge >= 0.3 is 5.97 Å². The number of rotatable bonds is 8. The summed E-state index contributed by atoms with van der Waals surface area (Å²) >= 11 is 0. The van der Waals surface area contributed by atoms with E-state index in [1.165, 1.54) is 28.6 Å². The van der Waals surface area contributed by atoms with Gasteiger partial charge in [0.05, 0.1) is 10.5 Å². The molecule has 8 heteroatoms. The van der Waals surface area contributed by atoms with E-state index in [0.717, 1.165) is 5.56 Å². The molecule has 152 valence electrons. The van der Waals surface area contributed by atoms with Gasteiger partial charge < -0.3 is 9.26 Å². The van der Waals surface area contributed by atoms with Gasteiger partial charge in [0.15, 0.2) is 12.4 Å². The van der Waals surface area contributed by atoms with Crippen LogP contribution in [0.4, 0.5) is 0 Å². The quantitative estimate of drug-likeness (QED) is 0.522. The second-order valence-corrected chi connectivity index (χ2v) is 8.17. The molecule has 0 aliphatic rings. The van der Waals surface area contributed by atoms with Crippen LogP contribution >= 0.6 is 0 Å². The third-order valence-corrected chi connectivity index (χ3v) is 6.47. The Morgan fingerprint density at radius 3 is 2.31 bits per heavy atom. The molecule has 0 spiro atoms. The maximum atomic E-state index is 12.5. The molecule has 29 heavy (non-hydrogen) atoms. The largest absolute Gasteiger partial charge is 0.454 e. The van der Waals surface area contributed by atoms with Gasteiger partial charge in [0.1, 0.15) is 5.69 Å². The second kappa shape index (κ2) is 9.02. The van der Waals surface area contributed by atoms with Gasteiger partial charge in [-0.25, -0.2) is 13.2 Å². The molecule has 0 fully saturated rings. The van der Waals surface area contributed by atoms with E-state index >= 15 is 0 Å². The lowest BCUT2D eigenvalue weighted by atomic mass is 10.1. The van der Waals surface area contributed by atoms with E-state index in [-0.39, 0.29) is 17.1 Å². The Bertz CT molecular complexity index is 1060. The predicted molar refractivity (Wildman–Crippen MR) is 108 cm³/mol. The maximum Gasteiger partial charge on any atom is 0.338 e. The van der Waals surface area contributed by atoms with E-state index in [1.54, 1.807) is 19.9 Å². The lowest BCUT2D eigenvalue weighted by molar-refractivity contribution is 0.0437. The lowest BCUT2D eigenvalue weighted by Crippen LogP contribution is -2.30. The van der Waals surface area contributed by atoms with Crippen LogP contribution in [-0.4, -0.2) is 36.9 Å². The van der Waals surface area contributed by atoms with Crippen LogP contribution in [0.1, 0.15) is 30.0 Å². The standard InChI is InChI=1S/C21H22N2O5S/c1-3-23(4-2)29(25,26)19-12-10-17(11-13-19)21(24)27-15-18-14-20(22-28-18)16-8-6-5-7-9-16/h5-14H,3-4,15H2,1-2H3. The summed E-state index contributed by atoms with van der Waals surface area (Å²) < 4.78 is 36.8. The van der Waals surface area contributed by atoms with Crippen LogP contribution < -0.4 is 0 Å². The smallest absolute Gasteiger partial charge is 0.338 e. The van der Waals surface area contributed by atoms with Crippen molar-refractivity contribution in [1.82, 2.24) is 9.46 Å². The molecule has 0 bridgehead atoms. The van der Waals surface area contributed by atoms with Crippen LogP contribution in [0.5, 0.6) is 0 Å². The summed E-state index contributed by atoms with van der Waals surface area (Å²) in [5, 5.41) is 3.97. The minimum Gasteiger partial charge on any atom is -0.454 e. The Balaban J connectivity index is 1.64. The van der Waals surface area contributed by atoms with Gasteiger partial charge in [-0.15, -0.1) is 0 Å². The van der Waals surface area contributed by atoms with Crippen molar-refractivity contribution in [2.75, 3.05) is 13.1 Å². The van der Waals surface area contributed by atoms with E-state index in [0.29, 0.717) is 24.5 Å². The first-order chi connectivity index (χ1) is 14.0. The second-order valence-electron chi connectivity index (χ2n) is 6.23. The number of benzene rings is 2. The summed E-state index contributed by atoms with van der Waals surface area (Å²) in [4.78, 5) is 12.4. The van der Waals surface area contributed by atoms with Gasteiger partial charge in [0.25, 0.3) is 0 Å². The summed E-state index contributed by atoms with van der Waals surface area (Å²) in [6.07, 6.45) is 0. The lowest BCUT2D eigenvalue weighted by Gasteiger charge is -2.18. The molecule has 0 unspecified atom stereocenters. The predicted octanol–water partition coefficient (Wildman–Crippen LogP) is 3.73. The molecule has 0 saturated heterocycles. The van der Waals surface area contributed by atoms with E-state index in [4.69, 9.17) is 9.26 Å². The van der Waals surface area contributed by atoms with Crippen molar-refractivity contribution in [1.29, 1.82) is 0 Å². The van der Waals surface area contributed by atoms with Gasteiger partial charge in [-0.1, -0.05) is 49.3 Å².